The van der Waals surface area contributed by atoms with Crippen LogP contribution in [0.4, 0.5) is 19.0 Å². The normalized spacial score (nSPS) is 18.6. The average Bonchev–Trinajstić information content (AvgIpc) is 3.25. The molecule has 0 saturated heterocycles. The van der Waals surface area contributed by atoms with Crippen molar-refractivity contribution in [2.45, 2.75) is 63.9 Å². The van der Waals surface area contributed by atoms with Gasteiger partial charge < -0.3 is 15.0 Å². The standard InChI is InChI=1S/C25H28ClF3N4O2/c1-15(2)35-20-12-7-16(13-19(20)26)24(34)30-17-8-10-18(11-9-17)32(3)23-6-4-5-22-31-21(14-33(22)23)25(27,28)29/h4-7,12-15,17-18H,8-11H2,1-3H3,(H,30,34)/t17-,18+. The molecular formula is C25H28ClF3N4O2. The molecule has 1 aliphatic rings. The molecule has 0 unspecified atom stereocenters. The fraction of sp³-hybridized carbons (Fsp3) is 0.440. The zero-order valence-corrected chi connectivity index (χ0v) is 20.5. The summed E-state index contributed by atoms with van der Waals surface area (Å²) >= 11 is 6.26. The first-order chi connectivity index (χ1) is 16.5. The number of ether oxygens (including phenoxy) is 1. The number of amides is 1. The first-order valence-electron chi connectivity index (χ1n) is 11.6. The van der Waals surface area contributed by atoms with E-state index in [-0.39, 0.29) is 29.7 Å². The highest BCUT2D eigenvalue weighted by Gasteiger charge is 2.34. The van der Waals surface area contributed by atoms with Gasteiger partial charge >= 0.3 is 6.18 Å². The summed E-state index contributed by atoms with van der Waals surface area (Å²) in [6.07, 6.45) is -0.373. The van der Waals surface area contributed by atoms with E-state index in [1.807, 2.05) is 25.8 Å². The molecule has 2 heterocycles. The molecule has 1 N–H and O–H groups in total. The number of hydrogen-bond acceptors (Lipinski definition) is 4. The fourth-order valence-corrected chi connectivity index (χ4v) is 4.70. The molecule has 35 heavy (non-hydrogen) atoms. The van der Waals surface area contributed by atoms with Gasteiger partial charge in [-0.3, -0.25) is 9.20 Å². The van der Waals surface area contributed by atoms with Crippen molar-refractivity contribution in [3.63, 3.8) is 0 Å². The van der Waals surface area contributed by atoms with Crippen LogP contribution in [0.15, 0.2) is 42.6 Å². The number of rotatable bonds is 6. The summed E-state index contributed by atoms with van der Waals surface area (Å²) in [5, 5.41) is 3.46. The van der Waals surface area contributed by atoms with E-state index >= 15 is 0 Å². The van der Waals surface area contributed by atoms with E-state index in [0.29, 0.717) is 22.2 Å². The molecule has 1 saturated carbocycles. The maximum absolute atomic E-state index is 13.1. The molecule has 2 aromatic heterocycles. The van der Waals surface area contributed by atoms with Crippen LogP contribution in [0.25, 0.3) is 5.65 Å². The number of hydrogen-bond donors (Lipinski definition) is 1. The van der Waals surface area contributed by atoms with E-state index in [2.05, 4.69) is 10.3 Å². The van der Waals surface area contributed by atoms with Crippen molar-refractivity contribution in [3.8, 4) is 5.75 Å². The number of imidazole rings is 1. The second kappa shape index (κ2) is 9.97. The van der Waals surface area contributed by atoms with Crippen LogP contribution in [0.3, 0.4) is 0 Å². The minimum Gasteiger partial charge on any atom is -0.489 e. The van der Waals surface area contributed by atoms with Crippen molar-refractivity contribution in [1.82, 2.24) is 14.7 Å². The third-order valence-corrected chi connectivity index (χ3v) is 6.55. The van der Waals surface area contributed by atoms with E-state index < -0.39 is 11.9 Å². The first-order valence-corrected chi connectivity index (χ1v) is 12.0. The minimum atomic E-state index is -4.50. The predicted molar refractivity (Wildman–Crippen MR) is 129 cm³/mol. The average molecular weight is 509 g/mol. The van der Waals surface area contributed by atoms with E-state index in [0.717, 1.165) is 31.9 Å². The highest BCUT2D eigenvalue weighted by Crippen LogP contribution is 2.32. The number of carbonyl (C=O) groups excluding carboxylic acids is 1. The Morgan fingerprint density at radius 2 is 1.91 bits per heavy atom. The number of carbonyl (C=O) groups is 1. The van der Waals surface area contributed by atoms with Crippen LogP contribution >= 0.6 is 11.6 Å². The Bertz CT molecular complexity index is 1200. The number of aromatic nitrogens is 2. The lowest BCUT2D eigenvalue weighted by molar-refractivity contribution is -0.140. The van der Waals surface area contributed by atoms with Gasteiger partial charge in [0.15, 0.2) is 5.69 Å². The van der Waals surface area contributed by atoms with Crippen LogP contribution < -0.4 is 15.0 Å². The van der Waals surface area contributed by atoms with Crippen LogP contribution in [0.1, 0.15) is 55.6 Å². The van der Waals surface area contributed by atoms with E-state index in [1.54, 1.807) is 36.4 Å². The van der Waals surface area contributed by atoms with Gasteiger partial charge in [-0.1, -0.05) is 17.7 Å². The lowest BCUT2D eigenvalue weighted by Crippen LogP contribution is -2.43. The maximum atomic E-state index is 13.1. The van der Waals surface area contributed by atoms with Gasteiger partial charge in [-0.25, -0.2) is 4.98 Å². The van der Waals surface area contributed by atoms with Crippen LogP contribution in [0.2, 0.25) is 5.02 Å². The molecule has 3 aromatic rings. The number of fused-ring (bicyclic) bond motifs is 1. The zero-order valence-electron chi connectivity index (χ0n) is 19.8. The van der Waals surface area contributed by atoms with E-state index in [4.69, 9.17) is 16.3 Å². The summed E-state index contributed by atoms with van der Waals surface area (Å²) < 4.78 is 46.5. The van der Waals surface area contributed by atoms with Crippen molar-refractivity contribution in [3.05, 3.63) is 58.9 Å². The molecule has 10 heteroatoms. The second-order valence-corrected chi connectivity index (χ2v) is 9.54. The van der Waals surface area contributed by atoms with Gasteiger partial charge in [0.1, 0.15) is 17.2 Å². The van der Waals surface area contributed by atoms with Crippen molar-refractivity contribution >= 4 is 29.0 Å². The van der Waals surface area contributed by atoms with Crippen molar-refractivity contribution in [1.29, 1.82) is 0 Å². The van der Waals surface area contributed by atoms with Gasteiger partial charge in [0.25, 0.3) is 5.91 Å². The molecule has 188 valence electrons. The number of pyridine rings is 1. The lowest BCUT2D eigenvalue weighted by atomic mass is 9.90. The molecule has 1 amide bonds. The van der Waals surface area contributed by atoms with Gasteiger partial charge in [0.05, 0.1) is 11.1 Å². The van der Waals surface area contributed by atoms with Crippen LogP contribution in [0, 0.1) is 0 Å². The molecule has 6 nitrogen and oxygen atoms in total. The SMILES string of the molecule is CC(C)Oc1ccc(C(=O)N[C@H]2CC[C@@H](N(C)c3cccc4nc(C(F)(F)F)cn34)CC2)cc1Cl. The largest absolute Gasteiger partial charge is 0.489 e. The lowest BCUT2D eigenvalue weighted by Gasteiger charge is -2.36. The zero-order chi connectivity index (χ0) is 25.3. The Labute approximate surface area is 207 Å². The van der Waals surface area contributed by atoms with E-state index in [9.17, 15) is 18.0 Å². The van der Waals surface area contributed by atoms with E-state index in [1.165, 1.54) is 4.40 Å². The van der Waals surface area contributed by atoms with Gasteiger partial charge in [0.2, 0.25) is 0 Å². The molecule has 4 rings (SSSR count). The Hall–Kier alpha value is -2.94. The molecule has 1 fully saturated rings. The molecule has 0 radical (unpaired) electrons. The van der Waals surface area contributed by atoms with Crippen molar-refractivity contribution in [2.24, 2.45) is 0 Å². The quantitative estimate of drug-likeness (QED) is 0.445. The summed E-state index contributed by atoms with van der Waals surface area (Å²) in [6, 6.07) is 10.2. The van der Waals surface area contributed by atoms with Crippen LogP contribution in [-0.2, 0) is 6.18 Å². The molecule has 0 aliphatic heterocycles. The molecule has 0 atom stereocenters. The Morgan fingerprint density at radius 1 is 1.20 bits per heavy atom. The third kappa shape index (κ3) is 5.66. The van der Waals surface area contributed by atoms with Crippen LogP contribution in [0.5, 0.6) is 5.75 Å². The molecule has 1 aliphatic carbocycles. The summed E-state index contributed by atoms with van der Waals surface area (Å²) in [6.45, 7) is 3.81. The first kappa shape index (κ1) is 25.2. The van der Waals surface area contributed by atoms with Gasteiger partial charge in [-0.2, -0.15) is 13.2 Å². The van der Waals surface area contributed by atoms with Crippen molar-refractivity contribution < 1.29 is 22.7 Å². The van der Waals surface area contributed by atoms with Crippen molar-refractivity contribution in [2.75, 3.05) is 11.9 Å². The number of anilines is 1. The molecular weight excluding hydrogens is 481 g/mol. The summed E-state index contributed by atoms with van der Waals surface area (Å²) in [7, 11) is 1.88. The van der Waals surface area contributed by atoms with Gasteiger partial charge in [-0.05, 0) is 69.9 Å². The van der Waals surface area contributed by atoms with Gasteiger partial charge in [0, 0.05) is 30.9 Å². The van der Waals surface area contributed by atoms with Gasteiger partial charge in [-0.15, -0.1) is 0 Å². The summed E-state index contributed by atoms with van der Waals surface area (Å²) in [5.41, 5.74) is -0.183. The molecule has 0 spiro atoms. The topological polar surface area (TPSA) is 58.9 Å². The monoisotopic (exact) mass is 508 g/mol. The summed E-state index contributed by atoms with van der Waals surface area (Å²) in [5.74, 6) is 0.996. The number of alkyl halides is 3. The summed E-state index contributed by atoms with van der Waals surface area (Å²) in [4.78, 5) is 18.5. The Kier molecular flexibility index (Phi) is 7.17. The number of nitrogens with one attached hydrogen (secondary N) is 1. The fourth-order valence-electron chi connectivity index (χ4n) is 4.48. The maximum Gasteiger partial charge on any atom is 0.434 e. The molecule has 0 bridgehead atoms. The number of halogens is 4. The number of benzene rings is 1. The smallest absolute Gasteiger partial charge is 0.434 e. The Balaban J connectivity index is 1.38. The Morgan fingerprint density at radius 3 is 2.54 bits per heavy atom. The third-order valence-electron chi connectivity index (χ3n) is 6.26. The highest BCUT2D eigenvalue weighted by atomic mass is 35.5. The highest BCUT2D eigenvalue weighted by molar-refractivity contribution is 6.32. The molecule has 1 aromatic carbocycles. The predicted octanol–water partition coefficient (Wildman–Crippen LogP) is 5.97. The minimum absolute atomic E-state index is 0.0124. The number of nitrogens with zero attached hydrogens (tertiary/aromatic N) is 3. The second-order valence-electron chi connectivity index (χ2n) is 9.14. The van der Waals surface area contributed by atoms with Crippen LogP contribution in [-0.4, -0.2) is 40.5 Å².